The van der Waals surface area contributed by atoms with E-state index < -0.39 is 0 Å². The number of nitrogens with two attached hydrogens (primary N) is 1. The molecule has 2 atom stereocenters. The Balaban J connectivity index is 1.74. The third kappa shape index (κ3) is 2.02. The lowest BCUT2D eigenvalue weighted by Gasteiger charge is -2.34. The molecule has 2 aliphatic heterocycles. The molecule has 0 spiro atoms. The van der Waals surface area contributed by atoms with Crippen LogP contribution in [0.15, 0.2) is 28.8 Å². The monoisotopic (exact) mass is 346 g/mol. The number of aromatic amines is 1. The molecule has 5 heterocycles. The minimum atomic E-state index is 0.250. The third-order valence-corrected chi connectivity index (χ3v) is 5.68. The smallest absolute Gasteiger partial charge is 0.152 e. The maximum Gasteiger partial charge on any atom is 0.152 e. The van der Waals surface area contributed by atoms with Crippen LogP contribution in [0.3, 0.4) is 0 Å². The predicted octanol–water partition coefficient (Wildman–Crippen LogP) is 2.88. The van der Waals surface area contributed by atoms with Gasteiger partial charge in [0.15, 0.2) is 5.76 Å². The van der Waals surface area contributed by atoms with Crippen LogP contribution in [-0.2, 0) is 6.42 Å². The molecule has 3 aromatic rings. The van der Waals surface area contributed by atoms with Crippen molar-refractivity contribution in [1.29, 1.82) is 5.26 Å². The van der Waals surface area contributed by atoms with Crippen LogP contribution >= 0.6 is 0 Å². The minimum Gasteiger partial charge on any atom is -0.454 e. The van der Waals surface area contributed by atoms with E-state index in [1.54, 1.807) is 6.20 Å². The average Bonchev–Trinajstić information content (AvgIpc) is 3.34. The molecule has 2 bridgehead atoms. The fourth-order valence-corrected chi connectivity index (χ4v) is 4.39. The molecular formula is C19H18N6O. The number of nitrogens with zero attached hydrogens (tertiary/aromatic N) is 4. The molecule has 1 fully saturated rings. The molecule has 7 heteroatoms. The zero-order valence-electron chi connectivity index (χ0n) is 14.4. The second-order valence-electron chi connectivity index (χ2n) is 6.97. The summed E-state index contributed by atoms with van der Waals surface area (Å²) < 4.78 is 6.10. The van der Waals surface area contributed by atoms with Crippen LogP contribution in [0.1, 0.15) is 35.7 Å². The molecule has 130 valence electrons. The van der Waals surface area contributed by atoms with E-state index >= 15 is 0 Å². The Bertz CT molecular complexity index is 1030. The number of fused-ring (bicyclic) bond motifs is 4. The zero-order chi connectivity index (χ0) is 17.8. The van der Waals surface area contributed by atoms with E-state index in [0.717, 1.165) is 41.8 Å². The van der Waals surface area contributed by atoms with Crippen LogP contribution in [0.4, 0.5) is 5.82 Å². The normalized spacial score (nSPS) is 21.5. The van der Waals surface area contributed by atoms with Gasteiger partial charge in [-0.25, -0.2) is 4.98 Å². The SMILES string of the molecule is CN1[C@H]2CC[C@@H]1c1c(nc(N)c(C#N)c1-c1ccc(-c3ccn[nH]3)o1)C2. The highest BCUT2D eigenvalue weighted by atomic mass is 16.3. The fraction of sp³-hybridized carbons (Fsp3) is 0.316. The molecule has 0 unspecified atom stereocenters. The van der Waals surface area contributed by atoms with Crippen molar-refractivity contribution in [3.05, 3.63) is 41.2 Å². The number of nitrogens with one attached hydrogen (secondary N) is 1. The van der Waals surface area contributed by atoms with Crippen LogP contribution in [0.2, 0.25) is 0 Å². The summed E-state index contributed by atoms with van der Waals surface area (Å²) in [5.74, 6) is 1.61. The predicted molar refractivity (Wildman–Crippen MR) is 95.9 cm³/mol. The summed E-state index contributed by atoms with van der Waals surface area (Å²) in [4.78, 5) is 6.97. The molecule has 7 nitrogen and oxygen atoms in total. The molecule has 0 radical (unpaired) electrons. The van der Waals surface area contributed by atoms with Gasteiger partial charge in [-0.05, 0) is 38.1 Å². The van der Waals surface area contributed by atoms with Crippen molar-refractivity contribution >= 4 is 5.82 Å². The van der Waals surface area contributed by atoms with Gasteiger partial charge < -0.3 is 10.2 Å². The van der Waals surface area contributed by atoms with E-state index in [4.69, 9.17) is 10.2 Å². The minimum absolute atomic E-state index is 0.250. The molecule has 5 rings (SSSR count). The largest absolute Gasteiger partial charge is 0.454 e. The van der Waals surface area contributed by atoms with Gasteiger partial charge in [-0.2, -0.15) is 10.4 Å². The summed E-state index contributed by atoms with van der Waals surface area (Å²) in [6, 6.07) is 8.62. The lowest BCUT2D eigenvalue weighted by Crippen LogP contribution is -2.35. The molecule has 2 aliphatic rings. The number of furan rings is 1. The molecule has 0 saturated carbocycles. The van der Waals surface area contributed by atoms with Crippen molar-refractivity contribution < 1.29 is 4.42 Å². The summed E-state index contributed by atoms with van der Waals surface area (Å²) in [6.07, 6.45) is 4.74. The highest BCUT2D eigenvalue weighted by Crippen LogP contribution is 2.48. The van der Waals surface area contributed by atoms with Gasteiger partial charge in [0.2, 0.25) is 0 Å². The van der Waals surface area contributed by atoms with E-state index in [1.165, 1.54) is 0 Å². The van der Waals surface area contributed by atoms with E-state index in [-0.39, 0.29) is 11.9 Å². The van der Waals surface area contributed by atoms with Crippen molar-refractivity contribution in [2.24, 2.45) is 0 Å². The first-order chi connectivity index (χ1) is 12.7. The second kappa shape index (κ2) is 5.44. The summed E-state index contributed by atoms with van der Waals surface area (Å²) in [6.45, 7) is 0. The quantitative estimate of drug-likeness (QED) is 0.739. The highest BCUT2D eigenvalue weighted by molar-refractivity contribution is 5.78. The Labute approximate surface area is 150 Å². The van der Waals surface area contributed by atoms with Crippen LogP contribution in [0.25, 0.3) is 22.8 Å². The first kappa shape index (κ1) is 15.2. The number of hydrogen-bond acceptors (Lipinski definition) is 6. The van der Waals surface area contributed by atoms with Gasteiger partial charge in [0.05, 0.1) is 0 Å². The summed E-state index contributed by atoms with van der Waals surface area (Å²) in [7, 11) is 2.15. The van der Waals surface area contributed by atoms with Gasteiger partial charge in [-0.15, -0.1) is 0 Å². The van der Waals surface area contributed by atoms with Gasteiger partial charge in [0.25, 0.3) is 0 Å². The number of nitriles is 1. The van der Waals surface area contributed by atoms with E-state index in [9.17, 15) is 5.26 Å². The van der Waals surface area contributed by atoms with E-state index in [0.29, 0.717) is 23.1 Å². The number of hydrogen-bond donors (Lipinski definition) is 2. The first-order valence-corrected chi connectivity index (χ1v) is 8.71. The number of likely N-dealkylation sites (N-methyl/N-ethyl adjacent to an activating group) is 1. The summed E-state index contributed by atoms with van der Waals surface area (Å²) in [5.41, 5.74) is 10.2. The molecule has 0 aliphatic carbocycles. The maximum atomic E-state index is 9.75. The van der Waals surface area contributed by atoms with Gasteiger partial charge in [-0.1, -0.05) is 0 Å². The molecular weight excluding hydrogens is 328 g/mol. The van der Waals surface area contributed by atoms with Crippen molar-refractivity contribution in [3.63, 3.8) is 0 Å². The van der Waals surface area contributed by atoms with Gasteiger partial charge >= 0.3 is 0 Å². The molecule has 1 saturated heterocycles. The Kier molecular flexibility index (Phi) is 3.18. The average molecular weight is 346 g/mol. The Hall–Kier alpha value is -3.11. The molecule has 26 heavy (non-hydrogen) atoms. The van der Waals surface area contributed by atoms with E-state index in [2.05, 4.69) is 33.2 Å². The number of nitrogen functional groups attached to an aromatic ring is 1. The number of aromatic nitrogens is 3. The van der Waals surface area contributed by atoms with Crippen LogP contribution < -0.4 is 5.73 Å². The number of rotatable bonds is 2. The lowest BCUT2D eigenvalue weighted by atomic mass is 9.89. The van der Waals surface area contributed by atoms with Gasteiger partial charge in [0, 0.05) is 41.5 Å². The highest BCUT2D eigenvalue weighted by Gasteiger charge is 2.41. The van der Waals surface area contributed by atoms with Crippen molar-refractivity contribution in [2.45, 2.75) is 31.3 Å². The van der Waals surface area contributed by atoms with E-state index in [1.807, 2.05) is 18.2 Å². The first-order valence-electron chi connectivity index (χ1n) is 8.71. The van der Waals surface area contributed by atoms with Crippen molar-refractivity contribution in [2.75, 3.05) is 12.8 Å². The van der Waals surface area contributed by atoms with Crippen molar-refractivity contribution in [3.8, 4) is 28.8 Å². The Morgan fingerprint density at radius 3 is 2.92 bits per heavy atom. The number of H-pyrrole nitrogens is 1. The molecule has 3 aromatic heterocycles. The Morgan fingerprint density at radius 2 is 2.15 bits per heavy atom. The maximum absolute atomic E-state index is 9.75. The summed E-state index contributed by atoms with van der Waals surface area (Å²) in [5, 5.41) is 16.6. The molecule has 0 amide bonds. The number of pyridine rings is 1. The Morgan fingerprint density at radius 1 is 1.31 bits per heavy atom. The molecule has 3 N–H and O–H groups in total. The standard InChI is InChI=1S/C19H18N6O/c1-25-10-2-3-14(25)18-13(8-10)23-19(21)11(9-20)17(18)16-5-4-15(26-16)12-6-7-22-24-12/h4-7,10,14H,2-3,8H2,1H3,(H2,21,23)(H,22,24)/t10-,14+/m0/s1. The van der Waals surface area contributed by atoms with Crippen molar-refractivity contribution in [1.82, 2.24) is 20.1 Å². The van der Waals surface area contributed by atoms with Crippen LogP contribution in [0.5, 0.6) is 0 Å². The fourth-order valence-electron chi connectivity index (χ4n) is 4.39. The van der Waals surface area contributed by atoms with Crippen LogP contribution in [0, 0.1) is 11.3 Å². The topological polar surface area (TPSA) is 108 Å². The van der Waals surface area contributed by atoms with Crippen LogP contribution in [-0.4, -0.2) is 33.2 Å². The summed E-state index contributed by atoms with van der Waals surface area (Å²) >= 11 is 0. The third-order valence-electron chi connectivity index (χ3n) is 5.68. The number of anilines is 1. The van der Waals surface area contributed by atoms with Gasteiger partial charge in [-0.3, -0.25) is 10.00 Å². The molecule has 0 aromatic carbocycles. The van der Waals surface area contributed by atoms with Gasteiger partial charge in [0.1, 0.15) is 28.9 Å². The second-order valence-corrected chi connectivity index (χ2v) is 6.97. The lowest BCUT2D eigenvalue weighted by molar-refractivity contribution is 0.222. The zero-order valence-corrected chi connectivity index (χ0v) is 14.4.